The predicted octanol–water partition coefficient (Wildman–Crippen LogP) is 4.48. The second-order valence-corrected chi connectivity index (χ2v) is 6.22. The highest BCUT2D eigenvalue weighted by atomic mass is 16.3. The van der Waals surface area contributed by atoms with Gasteiger partial charge in [-0.2, -0.15) is 0 Å². The van der Waals surface area contributed by atoms with Crippen molar-refractivity contribution in [3.8, 4) is 11.5 Å². The largest absolute Gasteiger partial charge is 0.508 e. The fraction of sp³-hybridized carbons (Fsp3) is 0.143. The Morgan fingerprint density at radius 3 is 1.62 bits per heavy atom. The average molecular weight is 319 g/mol. The van der Waals surface area contributed by atoms with Gasteiger partial charge in [0.15, 0.2) is 0 Å². The summed E-state index contributed by atoms with van der Waals surface area (Å²) in [5.41, 5.74) is 11.1. The molecule has 0 unspecified atom stereocenters. The van der Waals surface area contributed by atoms with Crippen LogP contribution in [0.25, 0.3) is 0 Å². The van der Waals surface area contributed by atoms with Crippen molar-refractivity contribution in [2.75, 3.05) is 5.73 Å². The summed E-state index contributed by atoms with van der Waals surface area (Å²) in [5, 5.41) is 20.9. The Morgan fingerprint density at radius 2 is 1.17 bits per heavy atom. The van der Waals surface area contributed by atoms with E-state index in [1.807, 2.05) is 62.4 Å². The molecule has 0 aliphatic heterocycles. The molecule has 0 aliphatic rings. The Balaban J connectivity index is 2.26. The van der Waals surface area contributed by atoms with Crippen molar-refractivity contribution in [3.63, 3.8) is 0 Å². The molecule has 0 bridgehead atoms. The summed E-state index contributed by atoms with van der Waals surface area (Å²) >= 11 is 0. The summed E-state index contributed by atoms with van der Waals surface area (Å²) in [6, 6.07) is 18.6. The van der Waals surface area contributed by atoms with E-state index in [4.69, 9.17) is 5.73 Å². The van der Waals surface area contributed by atoms with Crippen LogP contribution < -0.4 is 5.73 Å². The lowest BCUT2D eigenvalue weighted by Gasteiger charge is -2.22. The molecule has 0 radical (unpaired) electrons. The van der Waals surface area contributed by atoms with Gasteiger partial charge in [0.05, 0.1) is 0 Å². The van der Waals surface area contributed by atoms with E-state index in [0.717, 1.165) is 27.8 Å². The summed E-state index contributed by atoms with van der Waals surface area (Å²) in [4.78, 5) is 0. The van der Waals surface area contributed by atoms with Gasteiger partial charge in [-0.25, -0.2) is 0 Å². The average Bonchev–Trinajstić information content (AvgIpc) is 2.56. The fourth-order valence-corrected chi connectivity index (χ4v) is 3.03. The first kappa shape index (κ1) is 15.9. The normalized spacial score (nSPS) is 11.0. The number of phenols is 2. The lowest BCUT2D eigenvalue weighted by atomic mass is 9.83. The number of anilines is 1. The number of hydrogen-bond acceptors (Lipinski definition) is 3. The highest BCUT2D eigenvalue weighted by Gasteiger charge is 2.23. The van der Waals surface area contributed by atoms with Crippen LogP contribution in [0.1, 0.15) is 33.7 Å². The molecule has 4 N–H and O–H groups in total. The van der Waals surface area contributed by atoms with Crippen LogP contribution in [0.4, 0.5) is 5.69 Å². The van der Waals surface area contributed by atoms with Gasteiger partial charge in [-0.05, 0) is 43.7 Å². The molecule has 0 heterocycles. The third kappa shape index (κ3) is 3.06. The van der Waals surface area contributed by atoms with E-state index in [2.05, 4.69) is 0 Å². The molecule has 3 nitrogen and oxygen atoms in total. The lowest BCUT2D eigenvalue weighted by molar-refractivity contribution is 0.458. The molecule has 0 amide bonds. The van der Waals surface area contributed by atoms with Crippen molar-refractivity contribution < 1.29 is 10.2 Å². The van der Waals surface area contributed by atoms with E-state index in [9.17, 15) is 10.2 Å². The Hall–Kier alpha value is -2.94. The van der Waals surface area contributed by atoms with Crippen LogP contribution in [-0.2, 0) is 0 Å². The number of nitrogen functional groups attached to an aromatic ring is 1. The van der Waals surface area contributed by atoms with Crippen molar-refractivity contribution >= 4 is 5.69 Å². The van der Waals surface area contributed by atoms with Gasteiger partial charge in [-0.1, -0.05) is 47.5 Å². The Bertz CT molecular complexity index is 818. The number of hydrogen-bond donors (Lipinski definition) is 3. The summed E-state index contributed by atoms with van der Waals surface area (Å²) < 4.78 is 0. The van der Waals surface area contributed by atoms with E-state index in [-0.39, 0.29) is 17.4 Å². The first-order chi connectivity index (χ1) is 11.5. The van der Waals surface area contributed by atoms with Crippen molar-refractivity contribution in [1.82, 2.24) is 0 Å². The van der Waals surface area contributed by atoms with Gasteiger partial charge >= 0.3 is 0 Å². The quantitative estimate of drug-likeness (QED) is 0.492. The van der Waals surface area contributed by atoms with Crippen LogP contribution in [0.5, 0.6) is 11.5 Å². The Morgan fingerprint density at radius 1 is 0.708 bits per heavy atom. The van der Waals surface area contributed by atoms with Gasteiger partial charge in [0, 0.05) is 22.7 Å². The predicted molar refractivity (Wildman–Crippen MR) is 97.5 cm³/mol. The monoisotopic (exact) mass is 319 g/mol. The molecule has 0 saturated carbocycles. The summed E-state index contributed by atoms with van der Waals surface area (Å²) in [7, 11) is 0. The van der Waals surface area contributed by atoms with Crippen LogP contribution in [-0.4, -0.2) is 10.2 Å². The summed E-state index contributed by atoms with van der Waals surface area (Å²) in [6.07, 6.45) is 0. The molecule has 0 aromatic heterocycles. The smallest absolute Gasteiger partial charge is 0.119 e. The first-order valence-electron chi connectivity index (χ1n) is 7.90. The maximum absolute atomic E-state index is 10.4. The van der Waals surface area contributed by atoms with Crippen LogP contribution in [0, 0.1) is 13.8 Å². The summed E-state index contributed by atoms with van der Waals surface area (Å²) in [5.74, 6) is 0.150. The zero-order valence-electron chi connectivity index (χ0n) is 13.8. The molecule has 3 aromatic carbocycles. The van der Waals surface area contributed by atoms with Gasteiger partial charge < -0.3 is 15.9 Å². The van der Waals surface area contributed by atoms with Gasteiger partial charge in [0.1, 0.15) is 11.5 Å². The van der Waals surface area contributed by atoms with Gasteiger partial charge in [0.25, 0.3) is 0 Å². The van der Waals surface area contributed by atoms with Gasteiger partial charge in [-0.15, -0.1) is 0 Å². The number of aryl methyl sites for hydroxylation is 2. The number of aromatic hydroxyl groups is 2. The summed E-state index contributed by atoms with van der Waals surface area (Å²) in [6.45, 7) is 3.97. The SMILES string of the molecule is Cc1ccc(O)c(C(c2ccc(N)cc2)c2cc(C)ccc2O)c1. The third-order valence-electron chi connectivity index (χ3n) is 4.26. The molecule has 122 valence electrons. The molecule has 3 rings (SSSR count). The van der Waals surface area contributed by atoms with E-state index in [1.54, 1.807) is 12.1 Å². The first-order valence-corrected chi connectivity index (χ1v) is 7.90. The maximum Gasteiger partial charge on any atom is 0.119 e. The molecular weight excluding hydrogens is 298 g/mol. The Kier molecular flexibility index (Phi) is 4.17. The second-order valence-electron chi connectivity index (χ2n) is 6.22. The third-order valence-corrected chi connectivity index (χ3v) is 4.26. The lowest BCUT2D eigenvalue weighted by Crippen LogP contribution is -2.05. The van der Waals surface area contributed by atoms with Crippen molar-refractivity contribution in [2.45, 2.75) is 19.8 Å². The minimum absolute atomic E-state index is 0.211. The van der Waals surface area contributed by atoms with E-state index >= 15 is 0 Å². The molecular formula is C21H21NO2. The highest BCUT2D eigenvalue weighted by Crippen LogP contribution is 2.41. The molecule has 24 heavy (non-hydrogen) atoms. The number of nitrogens with two attached hydrogens (primary N) is 1. The van der Waals surface area contributed by atoms with E-state index < -0.39 is 0 Å². The number of benzene rings is 3. The van der Waals surface area contributed by atoms with Crippen molar-refractivity contribution in [1.29, 1.82) is 0 Å². The number of phenolic OH excluding ortho intramolecular Hbond substituents is 2. The number of rotatable bonds is 3. The molecule has 0 saturated heterocycles. The minimum Gasteiger partial charge on any atom is -0.508 e. The second kappa shape index (κ2) is 6.28. The molecule has 3 heteroatoms. The molecule has 0 atom stereocenters. The maximum atomic E-state index is 10.4. The molecule has 3 aromatic rings. The minimum atomic E-state index is -0.273. The molecule has 0 fully saturated rings. The topological polar surface area (TPSA) is 66.5 Å². The van der Waals surface area contributed by atoms with E-state index in [1.165, 1.54) is 0 Å². The van der Waals surface area contributed by atoms with E-state index in [0.29, 0.717) is 5.69 Å². The van der Waals surface area contributed by atoms with Crippen molar-refractivity contribution in [2.24, 2.45) is 0 Å². The van der Waals surface area contributed by atoms with Gasteiger partial charge in [0.2, 0.25) is 0 Å². The Labute approximate surface area is 142 Å². The van der Waals surface area contributed by atoms with Crippen LogP contribution >= 0.6 is 0 Å². The fourth-order valence-electron chi connectivity index (χ4n) is 3.03. The van der Waals surface area contributed by atoms with Crippen LogP contribution in [0.3, 0.4) is 0 Å². The zero-order chi connectivity index (χ0) is 17.3. The molecule has 0 spiro atoms. The van der Waals surface area contributed by atoms with Crippen molar-refractivity contribution in [3.05, 3.63) is 88.5 Å². The van der Waals surface area contributed by atoms with Crippen LogP contribution in [0.15, 0.2) is 60.7 Å². The standard InChI is InChI=1S/C21H21NO2/c1-13-3-9-19(23)17(11-13)21(15-5-7-16(22)8-6-15)18-12-14(2)4-10-20(18)24/h3-12,21,23-24H,22H2,1-2H3. The zero-order valence-corrected chi connectivity index (χ0v) is 13.8. The highest BCUT2D eigenvalue weighted by molar-refractivity contribution is 5.55. The van der Waals surface area contributed by atoms with Gasteiger partial charge in [-0.3, -0.25) is 0 Å². The molecule has 0 aliphatic carbocycles. The van der Waals surface area contributed by atoms with Crippen LogP contribution in [0.2, 0.25) is 0 Å².